The highest BCUT2D eigenvalue weighted by molar-refractivity contribution is 9.10. The van der Waals surface area contributed by atoms with Gasteiger partial charge in [0.15, 0.2) is 11.4 Å². The molecule has 0 radical (unpaired) electrons. The SMILES string of the molecule is CCOc1ccc(C(=O)C[C@@]2(O)C(=O)N(Cc3cc(C)ccc3C)c3ccc(Br)cc32)cc1. The van der Waals surface area contributed by atoms with E-state index in [1.807, 2.05) is 51.1 Å². The molecule has 1 atom stereocenters. The minimum atomic E-state index is -1.94. The fourth-order valence-electron chi connectivity index (χ4n) is 4.23. The van der Waals surface area contributed by atoms with Gasteiger partial charge in [0.1, 0.15) is 5.75 Å². The first-order valence-corrected chi connectivity index (χ1v) is 11.7. The number of hydrogen-bond acceptors (Lipinski definition) is 4. The zero-order chi connectivity index (χ0) is 23.8. The normalized spacial score (nSPS) is 17.2. The predicted octanol–water partition coefficient (Wildman–Crippen LogP) is 5.47. The van der Waals surface area contributed by atoms with E-state index >= 15 is 0 Å². The van der Waals surface area contributed by atoms with E-state index in [0.29, 0.717) is 35.7 Å². The van der Waals surface area contributed by atoms with Crippen LogP contribution in [0.3, 0.4) is 0 Å². The number of amides is 1. The van der Waals surface area contributed by atoms with Crippen molar-refractivity contribution < 1.29 is 19.4 Å². The Hall–Kier alpha value is -2.96. The maximum absolute atomic E-state index is 13.6. The van der Waals surface area contributed by atoms with Crippen molar-refractivity contribution in [2.75, 3.05) is 11.5 Å². The molecule has 0 aromatic heterocycles. The third-order valence-electron chi connectivity index (χ3n) is 6.03. The monoisotopic (exact) mass is 507 g/mol. The van der Waals surface area contributed by atoms with Gasteiger partial charge in [-0.25, -0.2) is 0 Å². The Morgan fingerprint density at radius 1 is 1.06 bits per heavy atom. The van der Waals surface area contributed by atoms with Crippen LogP contribution in [-0.2, 0) is 16.9 Å². The van der Waals surface area contributed by atoms with Crippen molar-refractivity contribution in [1.29, 1.82) is 0 Å². The van der Waals surface area contributed by atoms with E-state index in [4.69, 9.17) is 4.74 Å². The number of ether oxygens (including phenoxy) is 1. The molecule has 33 heavy (non-hydrogen) atoms. The summed E-state index contributed by atoms with van der Waals surface area (Å²) in [6.07, 6.45) is -0.341. The van der Waals surface area contributed by atoms with Crippen molar-refractivity contribution in [3.8, 4) is 5.75 Å². The second-order valence-electron chi connectivity index (χ2n) is 8.40. The van der Waals surface area contributed by atoms with Crippen LogP contribution in [0, 0.1) is 13.8 Å². The van der Waals surface area contributed by atoms with Gasteiger partial charge in [-0.3, -0.25) is 9.59 Å². The molecule has 1 heterocycles. The molecule has 1 aliphatic heterocycles. The highest BCUT2D eigenvalue weighted by atomic mass is 79.9. The lowest BCUT2D eigenvalue weighted by molar-refractivity contribution is -0.136. The molecule has 5 nitrogen and oxygen atoms in total. The molecule has 1 aliphatic rings. The number of halogens is 1. The van der Waals surface area contributed by atoms with Crippen LogP contribution in [0.15, 0.2) is 65.1 Å². The molecule has 0 saturated heterocycles. The van der Waals surface area contributed by atoms with Crippen LogP contribution in [-0.4, -0.2) is 23.4 Å². The van der Waals surface area contributed by atoms with Gasteiger partial charge >= 0.3 is 0 Å². The third kappa shape index (κ3) is 4.45. The number of aryl methyl sites for hydroxylation is 2. The number of nitrogens with zero attached hydrogens (tertiary/aromatic N) is 1. The number of carbonyl (C=O) groups excluding carboxylic acids is 2. The Balaban J connectivity index is 1.67. The summed E-state index contributed by atoms with van der Waals surface area (Å²) in [7, 11) is 0. The first-order valence-electron chi connectivity index (χ1n) is 10.9. The van der Waals surface area contributed by atoms with Crippen LogP contribution in [0.5, 0.6) is 5.75 Å². The average molecular weight is 508 g/mol. The lowest BCUT2D eigenvalue weighted by atomic mass is 9.88. The van der Waals surface area contributed by atoms with Gasteiger partial charge < -0.3 is 14.7 Å². The van der Waals surface area contributed by atoms with Crippen LogP contribution < -0.4 is 9.64 Å². The topological polar surface area (TPSA) is 66.8 Å². The van der Waals surface area contributed by atoms with E-state index in [1.54, 1.807) is 35.2 Å². The maximum Gasteiger partial charge on any atom is 0.264 e. The van der Waals surface area contributed by atoms with E-state index < -0.39 is 11.5 Å². The molecule has 0 fully saturated rings. The molecule has 6 heteroatoms. The van der Waals surface area contributed by atoms with Crippen molar-refractivity contribution in [3.05, 3.63) is 93.0 Å². The zero-order valence-electron chi connectivity index (χ0n) is 18.9. The van der Waals surface area contributed by atoms with E-state index in [2.05, 4.69) is 15.9 Å². The second-order valence-corrected chi connectivity index (χ2v) is 9.32. The molecule has 0 saturated carbocycles. The summed E-state index contributed by atoms with van der Waals surface area (Å²) in [5.74, 6) is -0.136. The Morgan fingerprint density at radius 3 is 2.48 bits per heavy atom. The number of hydrogen-bond donors (Lipinski definition) is 1. The number of anilines is 1. The lowest BCUT2D eigenvalue weighted by Gasteiger charge is -2.23. The minimum Gasteiger partial charge on any atom is -0.494 e. The summed E-state index contributed by atoms with van der Waals surface area (Å²) < 4.78 is 6.16. The number of carbonyl (C=O) groups is 2. The first kappa shape index (κ1) is 23.2. The number of ketones is 1. The molecule has 0 bridgehead atoms. The fraction of sp³-hybridized carbons (Fsp3) is 0.259. The van der Waals surface area contributed by atoms with Gasteiger partial charge in [-0.05, 0) is 74.4 Å². The molecule has 0 spiro atoms. The number of benzene rings is 3. The summed E-state index contributed by atoms with van der Waals surface area (Å²) in [6, 6.07) is 18.2. The Labute approximate surface area is 202 Å². The second kappa shape index (κ2) is 9.12. The van der Waals surface area contributed by atoms with Crippen LogP contribution in [0.1, 0.15) is 46.0 Å². The third-order valence-corrected chi connectivity index (χ3v) is 6.52. The summed E-state index contributed by atoms with van der Waals surface area (Å²) in [4.78, 5) is 28.3. The summed E-state index contributed by atoms with van der Waals surface area (Å²) in [6.45, 7) is 6.74. The van der Waals surface area contributed by atoms with Crippen molar-refractivity contribution in [2.45, 2.75) is 39.3 Å². The Morgan fingerprint density at radius 2 is 1.79 bits per heavy atom. The van der Waals surface area contributed by atoms with E-state index in [1.165, 1.54) is 0 Å². The molecule has 0 unspecified atom stereocenters. The van der Waals surface area contributed by atoms with Crippen molar-refractivity contribution in [1.82, 2.24) is 0 Å². The van der Waals surface area contributed by atoms with Crippen molar-refractivity contribution in [3.63, 3.8) is 0 Å². The molecule has 1 N–H and O–H groups in total. The lowest BCUT2D eigenvalue weighted by Crippen LogP contribution is -2.41. The average Bonchev–Trinajstić information content (AvgIpc) is 2.98. The largest absolute Gasteiger partial charge is 0.494 e. The van der Waals surface area contributed by atoms with Gasteiger partial charge in [-0.1, -0.05) is 39.7 Å². The number of Topliss-reactive ketones (excluding diaryl/α,β-unsaturated/α-hetero) is 1. The zero-order valence-corrected chi connectivity index (χ0v) is 20.5. The fourth-order valence-corrected chi connectivity index (χ4v) is 4.59. The smallest absolute Gasteiger partial charge is 0.264 e. The van der Waals surface area contributed by atoms with Gasteiger partial charge in [0.05, 0.1) is 25.3 Å². The molecule has 170 valence electrons. The van der Waals surface area contributed by atoms with Gasteiger partial charge in [-0.15, -0.1) is 0 Å². The van der Waals surface area contributed by atoms with Gasteiger partial charge in [0, 0.05) is 15.6 Å². The summed E-state index contributed by atoms with van der Waals surface area (Å²) in [5, 5.41) is 11.6. The highest BCUT2D eigenvalue weighted by Crippen LogP contribution is 2.45. The Kier molecular flexibility index (Phi) is 6.41. The molecule has 4 rings (SSSR count). The first-order chi connectivity index (χ1) is 15.7. The molecule has 3 aromatic carbocycles. The van der Waals surface area contributed by atoms with Crippen molar-refractivity contribution in [2.24, 2.45) is 0 Å². The van der Waals surface area contributed by atoms with Gasteiger partial charge in [0.25, 0.3) is 5.91 Å². The van der Waals surface area contributed by atoms with E-state index in [-0.39, 0.29) is 12.2 Å². The molecule has 3 aromatic rings. The standard InChI is InChI=1S/C27H26BrNO4/c1-4-33-22-10-7-19(8-11-22)25(30)15-27(32)23-14-21(28)9-12-24(23)29(26(27)31)16-20-13-17(2)5-6-18(20)3/h5-14,32H,4,15-16H2,1-3H3/t27-/m0/s1. The van der Waals surface area contributed by atoms with E-state index in [9.17, 15) is 14.7 Å². The number of rotatable bonds is 7. The molecule has 1 amide bonds. The number of fused-ring (bicyclic) bond motifs is 1. The Bertz CT molecular complexity index is 1220. The summed E-state index contributed by atoms with van der Waals surface area (Å²) in [5.41, 5.74) is 2.69. The quantitative estimate of drug-likeness (QED) is 0.430. The maximum atomic E-state index is 13.6. The van der Waals surface area contributed by atoms with Crippen LogP contribution in [0.4, 0.5) is 5.69 Å². The number of aliphatic hydroxyl groups is 1. The molecule has 0 aliphatic carbocycles. The van der Waals surface area contributed by atoms with Crippen molar-refractivity contribution >= 4 is 33.3 Å². The van der Waals surface area contributed by atoms with Crippen LogP contribution in [0.25, 0.3) is 0 Å². The van der Waals surface area contributed by atoms with Crippen LogP contribution in [0.2, 0.25) is 0 Å². The van der Waals surface area contributed by atoms with Gasteiger partial charge in [0.2, 0.25) is 0 Å². The van der Waals surface area contributed by atoms with Crippen LogP contribution >= 0.6 is 15.9 Å². The molecular formula is C27H26BrNO4. The summed E-state index contributed by atoms with van der Waals surface area (Å²) >= 11 is 3.44. The minimum absolute atomic E-state index is 0.312. The highest BCUT2D eigenvalue weighted by Gasteiger charge is 2.51. The predicted molar refractivity (Wildman–Crippen MR) is 132 cm³/mol. The molecular weight excluding hydrogens is 482 g/mol. The van der Waals surface area contributed by atoms with E-state index in [0.717, 1.165) is 21.2 Å². The van der Waals surface area contributed by atoms with Gasteiger partial charge in [-0.2, -0.15) is 0 Å².